The second kappa shape index (κ2) is 8.36. The van der Waals surface area contributed by atoms with Gasteiger partial charge < -0.3 is 26.2 Å². The second-order valence-corrected chi connectivity index (χ2v) is 4.75. The van der Waals surface area contributed by atoms with E-state index in [0.29, 0.717) is 18.9 Å². The van der Waals surface area contributed by atoms with Crippen LogP contribution in [0.15, 0.2) is 0 Å². The van der Waals surface area contributed by atoms with Gasteiger partial charge in [0.1, 0.15) is 6.04 Å². The van der Waals surface area contributed by atoms with Crippen LogP contribution in [-0.4, -0.2) is 53.4 Å². The molecule has 8 nitrogen and oxygen atoms in total. The van der Waals surface area contributed by atoms with Crippen molar-refractivity contribution in [2.45, 2.75) is 44.2 Å². The number of urea groups is 1. The predicted molar refractivity (Wildman–Crippen MR) is 70.1 cm³/mol. The largest absolute Gasteiger partial charge is 0.480 e. The second-order valence-electron chi connectivity index (χ2n) is 4.75. The Labute approximate surface area is 116 Å². The van der Waals surface area contributed by atoms with Crippen molar-refractivity contribution in [2.24, 2.45) is 0 Å². The summed E-state index contributed by atoms with van der Waals surface area (Å²) in [6, 6.07) is -1.40. The van der Waals surface area contributed by atoms with Crippen molar-refractivity contribution in [1.29, 1.82) is 0 Å². The zero-order chi connectivity index (χ0) is 15.0. The van der Waals surface area contributed by atoms with E-state index in [-0.39, 0.29) is 25.5 Å². The van der Waals surface area contributed by atoms with Gasteiger partial charge in [-0.05, 0) is 19.3 Å². The number of aliphatic carboxylic acids is 1. The highest BCUT2D eigenvalue weighted by Crippen LogP contribution is 2.18. The van der Waals surface area contributed by atoms with Gasteiger partial charge in [0.25, 0.3) is 0 Å². The molecule has 1 rings (SSSR count). The van der Waals surface area contributed by atoms with Gasteiger partial charge in [0, 0.05) is 32.0 Å². The Balaban J connectivity index is 2.08. The molecular weight excluding hydrogens is 266 g/mol. The minimum absolute atomic E-state index is 0.0293. The molecule has 1 fully saturated rings. The molecule has 0 aromatic rings. The fourth-order valence-electron chi connectivity index (χ4n) is 1.57. The summed E-state index contributed by atoms with van der Waals surface area (Å²) in [6.45, 7) is -0.0338. The van der Waals surface area contributed by atoms with Crippen molar-refractivity contribution >= 4 is 17.9 Å². The van der Waals surface area contributed by atoms with E-state index in [4.69, 9.17) is 10.2 Å². The lowest BCUT2D eigenvalue weighted by Crippen LogP contribution is -2.46. The molecule has 0 bridgehead atoms. The predicted octanol–water partition coefficient (Wildman–Crippen LogP) is -0.820. The summed E-state index contributed by atoms with van der Waals surface area (Å²) >= 11 is 0. The molecule has 20 heavy (non-hydrogen) atoms. The summed E-state index contributed by atoms with van der Waals surface area (Å²) in [5.74, 6) is -1.23. The number of hydrogen-bond donors (Lipinski definition) is 5. The lowest BCUT2D eigenvalue weighted by atomic mass is 10.2. The number of amides is 3. The van der Waals surface area contributed by atoms with Crippen LogP contribution in [0.4, 0.5) is 4.79 Å². The number of rotatable bonds is 9. The van der Waals surface area contributed by atoms with E-state index in [1.165, 1.54) is 0 Å². The van der Waals surface area contributed by atoms with Gasteiger partial charge in [0.2, 0.25) is 5.91 Å². The molecule has 114 valence electrons. The van der Waals surface area contributed by atoms with Gasteiger partial charge in [-0.1, -0.05) is 0 Å². The highest BCUT2D eigenvalue weighted by atomic mass is 16.4. The quantitative estimate of drug-likeness (QED) is 0.354. The molecule has 5 N–H and O–H groups in total. The molecule has 0 radical (unpaired) electrons. The maximum Gasteiger partial charge on any atom is 0.326 e. The Bertz CT molecular complexity index is 357. The van der Waals surface area contributed by atoms with Crippen LogP contribution in [0.3, 0.4) is 0 Å². The molecule has 0 aliphatic heterocycles. The average Bonchev–Trinajstić information content (AvgIpc) is 3.18. The number of aliphatic hydroxyl groups excluding tert-OH is 1. The molecule has 0 heterocycles. The highest BCUT2D eigenvalue weighted by Gasteiger charge is 2.22. The lowest BCUT2D eigenvalue weighted by Gasteiger charge is -2.13. The first-order valence-electron chi connectivity index (χ1n) is 6.70. The monoisotopic (exact) mass is 287 g/mol. The van der Waals surface area contributed by atoms with Crippen molar-refractivity contribution in [3.63, 3.8) is 0 Å². The Hall–Kier alpha value is -1.83. The Morgan fingerprint density at radius 3 is 2.50 bits per heavy atom. The molecule has 0 aromatic carbocycles. The van der Waals surface area contributed by atoms with Crippen LogP contribution in [0.25, 0.3) is 0 Å². The minimum atomic E-state index is -1.20. The van der Waals surface area contributed by atoms with E-state index in [0.717, 1.165) is 12.8 Å². The fraction of sp³-hybridized carbons (Fsp3) is 0.750. The maximum absolute atomic E-state index is 11.4. The molecule has 3 amide bonds. The number of aliphatic hydroxyl groups is 1. The number of carbonyl (C=O) groups is 3. The van der Waals surface area contributed by atoms with Crippen LogP contribution < -0.4 is 16.0 Å². The zero-order valence-corrected chi connectivity index (χ0v) is 11.2. The third-order valence-electron chi connectivity index (χ3n) is 2.83. The van der Waals surface area contributed by atoms with Crippen LogP contribution in [0.1, 0.15) is 32.1 Å². The number of carboxylic acid groups (broad SMARTS) is 1. The molecule has 0 unspecified atom stereocenters. The Kier molecular flexibility index (Phi) is 6.78. The third kappa shape index (κ3) is 6.93. The fourth-order valence-corrected chi connectivity index (χ4v) is 1.57. The molecule has 1 aliphatic rings. The molecule has 8 heteroatoms. The van der Waals surface area contributed by atoms with E-state index < -0.39 is 18.0 Å². The van der Waals surface area contributed by atoms with Gasteiger partial charge in [-0.2, -0.15) is 0 Å². The van der Waals surface area contributed by atoms with Crippen molar-refractivity contribution < 1.29 is 24.6 Å². The highest BCUT2D eigenvalue weighted by molar-refractivity contribution is 5.82. The van der Waals surface area contributed by atoms with Crippen molar-refractivity contribution in [2.75, 3.05) is 13.2 Å². The van der Waals surface area contributed by atoms with E-state index in [9.17, 15) is 14.4 Å². The third-order valence-corrected chi connectivity index (χ3v) is 2.83. The SMILES string of the molecule is O=C(CCCNC(=O)N[C@@H](CCO)C(=O)O)NC1CC1. The van der Waals surface area contributed by atoms with Crippen molar-refractivity contribution in [1.82, 2.24) is 16.0 Å². The standard InChI is InChI=1S/C12H21N3O5/c16-7-5-9(11(18)19)15-12(20)13-6-1-2-10(17)14-8-3-4-8/h8-9,16H,1-7H2,(H,14,17)(H,18,19)(H2,13,15,20)/t9-/m0/s1. The molecule has 1 aliphatic carbocycles. The average molecular weight is 287 g/mol. The first kappa shape index (κ1) is 16.2. The molecule has 0 spiro atoms. The summed E-state index contributed by atoms with van der Waals surface area (Å²) < 4.78 is 0. The minimum Gasteiger partial charge on any atom is -0.480 e. The first-order chi connectivity index (χ1) is 9.52. The van der Waals surface area contributed by atoms with Crippen LogP contribution in [0.5, 0.6) is 0 Å². The summed E-state index contributed by atoms with van der Waals surface area (Å²) in [5.41, 5.74) is 0. The number of hydrogen-bond acceptors (Lipinski definition) is 4. The first-order valence-corrected chi connectivity index (χ1v) is 6.70. The van der Waals surface area contributed by atoms with E-state index in [2.05, 4.69) is 16.0 Å². The van der Waals surface area contributed by atoms with Gasteiger partial charge in [0.05, 0.1) is 0 Å². The topological polar surface area (TPSA) is 128 Å². The molecule has 0 saturated heterocycles. The summed E-state index contributed by atoms with van der Waals surface area (Å²) in [4.78, 5) is 33.5. The van der Waals surface area contributed by atoms with Gasteiger partial charge >= 0.3 is 12.0 Å². The van der Waals surface area contributed by atoms with Gasteiger partial charge in [-0.15, -0.1) is 0 Å². The van der Waals surface area contributed by atoms with Crippen LogP contribution in [-0.2, 0) is 9.59 Å². The summed E-state index contributed by atoms with van der Waals surface area (Å²) in [5, 5.41) is 25.0. The smallest absolute Gasteiger partial charge is 0.326 e. The van der Waals surface area contributed by atoms with Gasteiger partial charge in [0.15, 0.2) is 0 Å². The summed E-state index contributed by atoms with van der Waals surface area (Å²) in [6.07, 6.45) is 2.84. The van der Waals surface area contributed by atoms with Gasteiger partial charge in [-0.25, -0.2) is 9.59 Å². The van der Waals surface area contributed by atoms with E-state index in [1.807, 2.05) is 0 Å². The maximum atomic E-state index is 11.4. The zero-order valence-electron chi connectivity index (χ0n) is 11.2. The van der Waals surface area contributed by atoms with Crippen LogP contribution in [0.2, 0.25) is 0 Å². The Morgan fingerprint density at radius 1 is 1.25 bits per heavy atom. The molecule has 0 aromatic heterocycles. The normalized spacial score (nSPS) is 15.2. The number of carbonyl (C=O) groups excluding carboxylic acids is 2. The Morgan fingerprint density at radius 2 is 1.95 bits per heavy atom. The van der Waals surface area contributed by atoms with Gasteiger partial charge in [-0.3, -0.25) is 4.79 Å². The van der Waals surface area contributed by atoms with Crippen molar-refractivity contribution in [3.8, 4) is 0 Å². The number of nitrogens with one attached hydrogen (secondary N) is 3. The van der Waals surface area contributed by atoms with E-state index in [1.54, 1.807) is 0 Å². The van der Waals surface area contributed by atoms with E-state index >= 15 is 0 Å². The van der Waals surface area contributed by atoms with Crippen LogP contribution in [0, 0.1) is 0 Å². The number of carboxylic acids is 1. The summed E-state index contributed by atoms with van der Waals surface area (Å²) in [7, 11) is 0. The molecule has 1 atom stereocenters. The molecular formula is C12H21N3O5. The van der Waals surface area contributed by atoms with Crippen LogP contribution >= 0.6 is 0 Å². The van der Waals surface area contributed by atoms with Crippen molar-refractivity contribution in [3.05, 3.63) is 0 Å². The molecule has 1 saturated carbocycles. The lowest BCUT2D eigenvalue weighted by molar-refractivity contribution is -0.139.